The van der Waals surface area contributed by atoms with Crippen LogP contribution in [0, 0.1) is 11.7 Å². The van der Waals surface area contributed by atoms with Crippen LogP contribution in [0.2, 0.25) is 0 Å². The molecule has 1 saturated heterocycles. The summed E-state index contributed by atoms with van der Waals surface area (Å²) in [6.07, 6.45) is 6.32. The van der Waals surface area contributed by atoms with E-state index < -0.39 is 0 Å². The van der Waals surface area contributed by atoms with Crippen molar-refractivity contribution >= 4 is 24.6 Å². The fraction of sp³-hybridized carbons (Fsp3) is 0.370. The minimum atomic E-state index is -0.310. The van der Waals surface area contributed by atoms with Crippen LogP contribution in [0.25, 0.3) is 11.1 Å². The summed E-state index contributed by atoms with van der Waals surface area (Å²) in [5.41, 5.74) is 11.4. The number of likely N-dealkylation sites (tertiary alicyclic amines) is 1. The molecule has 1 saturated carbocycles. The van der Waals surface area contributed by atoms with E-state index in [1.807, 2.05) is 25.1 Å². The minimum Gasteiger partial charge on any atom is -0.395 e. The third-order valence-corrected chi connectivity index (χ3v) is 6.72. The number of oxime groups is 1. The van der Waals surface area contributed by atoms with Crippen molar-refractivity contribution in [2.24, 2.45) is 26.8 Å². The Labute approximate surface area is 210 Å². The van der Waals surface area contributed by atoms with Crippen molar-refractivity contribution in [2.75, 3.05) is 26.4 Å². The lowest BCUT2D eigenvalue weighted by molar-refractivity contribution is -0.117. The topological polar surface area (TPSA) is 106 Å². The number of amides is 1. The molecular formula is C27H31FN6O2. The molecule has 2 aromatic rings. The van der Waals surface area contributed by atoms with E-state index in [-0.39, 0.29) is 24.3 Å². The lowest BCUT2D eigenvalue weighted by Crippen LogP contribution is -2.28. The summed E-state index contributed by atoms with van der Waals surface area (Å²) in [5.74, 6) is -0.113. The van der Waals surface area contributed by atoms with Crippen LogP contribution in [0.4, 0.5) is 4.39 Å². The highest BCUT2D eigenvalue weighted by molar-refractivity contribution is 6.27. The zero-order chi connectivity index (χ0) is 25.5. The number of halogens is 1. The van der Waals surface area contributed by atoms with Gasteiger partial charge in [-0.15, -0.1) is 0 Å². The van der Waals surface area contributed by atoms with Gasteiger partial charge in [0.25, 0.3) is 0 Å². The van der Waals surface area contributed by atoms with E-state index in [0.29, 0.717) is 37.4 Å². The standard InChI is InChI=1S/C27H31FN6O2/c1-18(30-2)27-25(32-16-29)10-21(11-26(27)33-36-15-19-7-9-34(14-19)17-35)23-6-5-22(28)12-24(23)20-4-3-8-31-13-20/h3-6,8,12-13,17,19,21H,2,7,9-11,14-16,29H2,1H3/b27-18+,32-25-,33-26+. The molecule has 4 rings (SSSR count). The number of aromatic nitrogens is 1. The van der Waals surface area contributed by atoms with Gasteiger partial charge in [-0.3, -0.25) is 19.8 Å². The Morgan fingerprint density at radius 1 is 1.33 bits per heavy atom. The van der Waals surface area contributed by atoms with Gasteiger partial charge in [-0.25, -0.2) is 4.39 Å². The summed E-state index contributed by atoms with van der Waals surface area (Å²) in [5, 5.41) is 4.53. The van der Waals surface area contributed by atoms with Gasteiger partial charge in [0, 0.05) is 60.4 Å². The van der Waals surface area contributed by atoms with E-state index in [1.165, 1.54) is 6.07 Å². The van der Waals surface area contributed by atoms with Gasteiger partial charge < -0.3 is 15.5 Å². The van der Waals surface area contributed by atoms with Crippen molar-refractivity contribution in [3.63, 3.8) is 0 Å². The smallest absolute Gasteiger partial charge is 0.209 e. The molecular weight excluding hydrogens is 459 g/mol. The van der Waals surface area contributed by atoms with E-state index in [4.69, 9.17) is 10.6 Å². The molecule has 2 unspecified atom stereocenters. The number of allylic oxidation sites excluding steroid dienone is 2. The maximum absolute atomic E-state index is 14.3. The molecule has 9 heteroatoms. The maximum atomic E-state index is 14.3. The zero-order valence-corrected chi connectivity index (χ0v) is 20.4. The van der Waals surface area contributed by atoms with Crippen LogP contribution >= 0.6 is 0 Å². The zero-order valence-electron chi connectivity index (χ0n) is 20.4. The average molecular weight is 491 g/mol. The Morgan fingerprint density at radius 2 is 2.17 bits per heavy atom. The van der Waals surface area contributed by atoms with Crippen LogP contribution in [0.1, 0.15) is 37.7 Å². The first-order valence-electron chi connectivity index (χ1n) is 12.0. The second kappa shape index (κ2) is 11.8. The number of hydrogen-bond acceptors (Lipinski definition) is 7. The number of carbonyl (C=O) groups is 1. The lowest BCUT2D eigenvalue weighted by Gasteiger charge is -2.29. The first-order chi connectivity index (χ1) is 17.5. The third kappa shape index (κ3) is 5.73. The Morgan fingerprint density at radius 3 is 2.86 bits per heavy atom. The van der Waals surface area contributed by atoms with Crippen LogP contribution in [-0.2, 0) is 9.63 Å². The molecule has 8 nitrogen and oxygen atoms in total. The van der Waals surface area contributed by atoms with Gasteiger partial charge in [-0.2, -0.15) is 0 Å². The second-order valence-electron chi connectivity index (χ2n) is 9.07. The summed E-state index contributed by atoms with van der Waals surface area (Å²) < 4.78 is 14.3. The monoisotopic (exact) mass is 490 g/mol. The number of benzene rings is 1. The Balaban J connectivity index is 1.69. The molecule has 1 aromatic carbocycles. The highest BCUT2D eigenvalue weighted by atomic mass is 19.1. The number of nitrogens with two attached hydrogens (primary N) is 1. The third-order valence-electron chi connectivity index (χ3n) is 6.72. The van der Waals surface area contributed by atoms with Crippen molar-refractivity contribution < 1.29 is 14.0 Å². The predicted octanol–water partition coefficient (Wildman–Crippen LogP) is 3.95. The molecule has 0 spiro atoms. The fourth-order valence-corrected chi connectivity index (χ4v) is 4.93. The van der Waals surface area contributed by atoms with Crippen molar-refractivity contribution in [2.45, 2.75) is 32.1 Å². The van der Waals surface area contributed by atoms with Gasteiger partial charge >= 0.3 is 0 Å². The average Bonchev–Trinajstić information content (AvgIpc) is 3.37. The predicted molar refractivity (Wildman–Crippen MR) is 139 cm³/mol. The van der Waals surface area contributed by atoms with Gasteiger partial charge in [0.15, 0.2) is 0 Å². The van der Waals surface area contributed by atoms with E-state index in [1.54, 1.807) is 23.4 Å². The van der Waals surface area contributed by atoms with Crippen LogP contribution in [0.15, 0.2) is 69.1 Å². The number of nitrogens with zero attached hydrogens (tertiary/aromatic N) is 5. The molecule has 2 fully saturated rings. The number of hydrogen-bond donors (Lipinski definition) is 1. The molecule has 1 amide bonds. The number of rotatable bonds is 8. The molecule has 1 aromatic heterocycles. The van der Waals surface area contributed by atoms with Crippen LogP contribution < -0.4 is 5.73 Å². The van der Waals surface area contributed by atoms with Crippen molar-refractivity contribution in [3.8, 4) is 11.1 Å². The summed E-state index contributed by atoms with van der Waals surface area (Å²) in [4.78, 5) is 31.5. The summed E-state index contributed by atoms with van der Waals surface area (Å²) in [6.45, 7) is 7.48. The number of pyridine rings is 1. The first-order valence-corrected chi connectivity index (χ1v) is 12.0. The second-order valence-corrected chi connectivity index (χ2v) is 9.07. The molecule has 1 aliphatic heterocycles. The normalized spacial score (nSPS) is 23.7. The molecule has 2 heterocycles. The molecule has 188 valence electrons. The van der Waals surface area contributed by atoms with E-state index in [9.17, 15) is 9.18 Å². The summed E-state index contributed by atoms with van der Waals surface area (Å²) in [7, 11) is 0. The SMILES string of the molecule is C=N/C(C)=C1C(=N/CN)\CC(c2ccc(F)cc2-c2cccnc2)CC\1=N/OCC1CCN(C=O)C1. The van der Waals surface area contributed by atoms with Gasteiger partial charge in [-0.05, 0) is 61.7 Å². The van der Waals surface area contributed by atoms with Crippen molar-refractivity contribution in [1.82, 2.24) is 9.88 Å². The molecule has 1 aliphatic carbocycles. The number of carbonyl (C=O) groups excluding carboxylic acids is 1. The summed E-state index contributed by atoms with van der Waals surface area (Å²) in [6, 6.07) is 8.59. The maximum Gasteiger partial charge on any atom is 0.209 e. The Hall–Kier alpha value is -3.72. The molecule has 2 atom stereocenters. The first kappa shape index (κ1) is 25.4. The largest absolute Gasteiger partial charge is 0.395 e. The van der Waals surface area contributed by atoms with Gasteiger partial charge in [0.1, 0.15) is 12.4 Å². The van der Waals surface area contributed by atoms with Crippen molar-refractivity contribution in [3.05, 3.63) is 65.4 Å². The van der Waals surface area contributed by atoms with Crippen LogP contribution in [0.5, 0.6) is 0 Å². The van der Waals surface area contributed by atoms with Gasteiger partial charge in [-0.1, -0.05) is 17.3 Å². The molecule has 2 aliphatic rings. The summed E-state index contributed by atoms with van der Waals surface area (Å²) >= 11 is 0. The molecule has 2 N–H and O–H groups in total. The van der Waals surface area contributed by atoms with Crippen LogP contribution in [0.3, 0.4) is 0 Å². The molecule has 36 heavy (non-hydrogen) atoms. The lowest BCUT2D eigenvalue weighted by atomic mass is 9.76. The number of aliphatic imine (C=N–C) groups is 2. The highest BCUT2D eigenvalue weighted by Gasteiger charge is 2.32. The van der Waals surface area contributed by atoms with Gasteiger partial charge in [0.2, 0.25) is 6.41 Å². The van der Waals surface area contributed by atoms with E-state index >= 15 is 0 Å². The van der Waals surface area contributed by atoms with Gasteiger partial charge in [0.05, 0.1) is 12.4 Å². The van der Waals surface area contributed by atoms with E-state index in [2.05, 4.69) is 26.8 Å². The quantitative estimate of drug-likeness (QED) is 0.344. The van der Waals surface area contributed by atoms with Crippen molar-refractivity contribution in [1.29, 1.82) is 0 Å². The molecule has 0 radical (unpaired) electrons. The fourth-order valence-electron chi connectivity index (χ4n) is 4.93. The Bertz CT molecular complexity index is 1190. The van der Waals surface area contributed by atoms with Crippen LogP contribution in [-0.4, -0.2) is 60.8 Å². The highest BCUT2D eigenvalue weighted by Crippen LogP contribution is 2.39. The van der Waals surface area contributed by atoms with E-state index in [0.717, 1.165) is 47.4 Å². The minimum absolute atomic E-state index is 0.0353. The Kier molecular flexibility index (Phi) is 8.32. The molecule has 0 bridgehead atoms.